The highest BCUT2D eigenvalue weighted by Crippen LogP contribution is 2.12. The summed E-state index contributed by atoms with van der Waals surface area (Å²) in [5.74, 6) is 0.706. The van der Waals surface area contributed by atoms with Crippen LogP contribution in [0.5, 0.6) is 5.75 Å². The number of benzene rings is 2. The average Bonchev–Trinajstić information content (AvgIpc) is 2.53. The van der Waals surface area contributed by atoms with Gasteiger partial charge >= 0.3 is 0 Å². The van der Waals surface area contributed by atoms with E-state index in [1.807, 2.05) is 50.2 Å². The molecule has 4 nitrogen and oxygen atoms in total. The van der Waals surface area contributed by atoms with Crippen LogP contribution in [0, 0.1) is 6.92 Å². The van der Waals surface area contributed by atoms with Crippen LogP contribution in [0.2, 0.25) is 0 Å². The number of ether oxygens (including phenoxy) is 1. The number of nitrogens with one attached hydrogen (secondary N) is 1. The predicted octanol–water partition coefficient (Wildman–Crippen LogP) is 2.65. The van der Waals surface area contributed by atoms with Gasteiger partial charge in [-0.3, -0.25) is 4.79 Å². The van der Waals surface area contributed by atoms with E-state index in [0.29, 0.717) is 18.7 Å². The van der Waals surface area contributed by atoms with Gasteiger partial charge in [-0.1, -0.05) is 24.3 Å². The molecule has 0 aliphatic carbocycles. The van der Waals surface area contributed by atoms with Gasteiger partial charge in [-0.15, -0.1) is 0 Å². The van der Waals surface area contributed by atoms with Gasteiger partial charge < -0.3 is 15.8 Å². The van der Waals surface area contributed by atoms with Gasteiger partial charge in [-0.25, -0.2) is 0 Å². The largest absolute Gasteiger partial charge is 0.491 e. The maximum absolute atomic E-state index is 12.1. The molecule has 0 heterocycles. The highest BCUT2D eigenvalue weighted by molar-refractivity contribution is 5.94. The maximum Gasteiger partial charge on any atom is 0.251 e. The molecule has 22 heavy (non-hydrogen) atoms. The molecule has 0 aliphatic heterocycles. The van der Waals surface area contributed by atoms with Crippen LogP contribution in [0.25, 0.3) is 0 Å². The Morgan fingerprint density at radius 2 is 1.95 bits per heavy atom. The molecule has 0 aliphatic rings. The van der Waals surface area contributed by atoms with E-state index >= 15 is 0 Å². The van der Waals surface area contributed by atoms with Gasteiger partial charge in [-0.05, 0) is 49.2 Å². The number of amides is 1. The van der Waals surface area contributed by atoms with Crippen molar-refractivity contribution < 1.29 is 9.53 Å². The van der Waals surface area contributed by atoms with E-state index in [2.05, 4.69) is 5.32 Å². The first kappa shape index (κ1) is 16.0. The molecule has 1 amide bonds. The van der Waals surface area contributed by atoms with E-state index in [0.717, 1.165) is 16.9 Å². The average molecular weight is 298 g/mol. The van der Waals surface area contributed by atoms with Crippen molar-refractivity contribution in [3.05, 3.63) is 65.2 Å². The molecule has 1 unspecified atom stereocenters. The van der Waals surface area contributed by atoms with Crippen LogP contribution in [-0.2, 0) is 6.54 Å². The monoisotopic (exact) mass is 298 g/mol. The minimum absolute atomic E-state index is 0.0813. The standard InChI is InChI=1S/C18H22N2O2/c1-13-4-3-5-17(10-13)22-12-14(2)20-18(21)16-8-6-15(11-19)7-9-16/h3-10,14H,11-12,19H2,1-2H3,(H,20,21). The Morgan fingerprint density at radius 3 is 2.59 bits per heavy atom. The van der Waals surface area contributed by atoms with E-state index in [-0.39, 0.29) is 11.9 Å². The third kappa shape index (κ3) is 4.60. The molecule has 3 N–H and O–H groups in total. The molecule has 2 aromatic carbocycles. The molecule has 0 radical (unpaired) electrons. The first-order valence-electron chi connectivity index (χ1n) is 7.38. The van der Waals surface area contributed by atoms with Crippen LogP contribution < -0.4 is 15.8 Å². The molecule has 0 saturated carbocycles. The van der Waals surface area contributed by atoms with Crippen molar-refractivity contribution in [3.63, 3.8) is 0 Å². The third-order valence-electron chi connectivity index (χ3n) is 3.32. The predicted molar refractivity (Wildman–Crippen MR) is 87.9 cm³/mol. The lowest BCUT2D eigenvalue weighted by Crippen LogP contribution is -2.36. The summed E-state index contributed by atoms with van der Waals surface area (Å²) in [6, 6.07) is 15.1. The lowest BCUT2D eigenvalue weighted by Gasteiger charge is -2.15. The van der Waals surface area contributed by atoms with Gasteiger partial charge in [0.15, 0.2) is 0 Å². The molecular weight excluding hydrogens is 276 g/mol. The summed E-state index contributed by atoms with van der Waals surface area (Å²) >= 11 is 0. The Labute approximate surface area is 131 Å². The van der Waals surface area contributed by atoms with E-state index in [1.165, 1.54) is 0 Å². The molecule has 1 atom stereocenters. The van der Waals surface area contributed by atoms with Crippen LogP contribution in [0.4, 0.5) is 0 Å². The van der Waals surface area contributed by atoms with Crippen LogP contribution in [-0.4, -0.2) is 18.6 Å². The van der Waals surface area contributed by atoms with Gasteiger partial charge in [0.25, 0.3) is 5.91 Å². The van der Waals surface area contributed by atoms with Crippen molar-refractivity contribution in [2.45, 2.75) is 26.4 Å². The van der Waals surface area contributed by atoms with Crippen molar-refractivity contribution in [2.24, 2.45) is 5.73 Å². The molecule has 2 rings (SSSR count). The van der Waals surface area contributed by atoms with Crippen molar-refractivity contribution in [3.8, 4) is 5.75 Å². The van der Waals surface area contributed by atoms with Crippen LogP contribution in [0.15, 0.2) is 48.5 Å². The van der Waals surface area contributed by atoms with Gasteiger partial charge in [0.05, 0.1) is 6.04 Å². The zero-order valence-electron chi connectivity index (χ0n) is 13.0. The minimum Gasteiger partial charge on any atom is -0.491 e. The molecule has 0 aromatic heterocycles. The summed E-state index contributed by atoms with van der Waals surface area (Å²) in [7, 11) is 0. The number of hydrogen-bond acceptors (Lipinski definition) is 3. The number of rotatable bonds is 6. The number of hydrogen-bond donors (Lipinski definition) is 2. The van der Waals surface area contributed by atoms with Gasteiger partial charge in [0, 0.05) is 12.1 Å². The SMILES string of the molecule is Cc1cccc(OCC(C)NC(=O)c2ccc(CN)cc2)c1. The molecule has 116 valence electrons. The fraction of sp³-hybridized carbons (Fsp3) is 0.278. The first-order chi connectivity index (χ1) is 10.6. The van der Waals surface area contributed by atoms with Gasteiger partial charge in [-0.2, -0.15) is 0 Å². The Balaban J connectivity index is 1.85. The number of carbonyl (C=O) groups excluding carboxylic acids is 1. The summed E-state index contributed by atoms with van der Waals surface area (Å²) in [5, 5.41) is 2.92. The summed E-state index contributed by atoms with van der Waals surface area (Å²) in [6.07, 6.45) is 0. The fourth-order valence-electron chi connectivity index (χ4n) is 2.07. The summed E-state index contributed by atoms with van der Waals surface area (Å²) < 4.78 is 5.69. The fourth-order valence-corrected chi connectivity index (χ4v) is 2.07. The maximum atomic E-state index is 12.1. The molecule has 0 bridgehead atoms. The summed E-state index contributed by atoms with van der Waals surface area (Å²) in [4.78, 5) is 12.1. The zero-order chi connectivity index (χ0) is 15.9. The number of aryl methyl sites for hydroxylation is 1. The van der Waals surface area contributed by atoms with Gasteiger partial charge in [0.2, 0.25) is 0 Å². The van der Waals surface area contributed by atoms with Crippen molar-refractivity contribution in [1.29, 1.82) is 0 Å². The highest BCUT2D eigenvalue weighted by atomic mass is 16.5. The molecule has 0 fully saturated rings. The number of nitrogens with two attached hydrogens (primary N) is 1. The Hall–Kier alpha value is -2.33. The normalized spacial score (nSPS) is 11.8. The second-order valence-corrected chi connectivity index (χ2v) is 5.40. The van der Waals surface area contributed by atoms with Crippen molar-refractivity contribution >= 4 is 5.91 Å². The summed E-state index contributed by atoms with van der Waals surface area (Å²) in [6.45, 7) is 4.84. The lowest BCUT2D eigenvalue weighted by atomic mass is 10.1. The molecule has 4 heteroatoms. The topological polar surface area (TPSA) is 64.3 Å². The highest BCUT2D eigenvalue weighted by Gasteiger charge is 2.10. The summed E-state index contributed by atoms with van der Waals surface area (Å²) in [5.41, 5.74) is 8.32. The van der Waals surface area contributed by atoms with Crippen LogP contribution >= 0.6 is 0 Å². The first-order valence-corrected chi connectivity index (χ1v) is 7.38. The third-order valence-corrected chi connectivity index (χ3v) is 3.32. The smallest absolute Gasteiger partial charge is 0.251 e. The molecule has 0 spiro atoms. The van der Waals surface area contributed by atoms with E-state index < -0.39 is 0 Å². The molecule has 2 aromatic rings. The molecular formula is C18H22N2O2. The van der Waals surface area contributed by atoms with Crippen molar-refractivity contribution in [1.82, 2.24) is 5.32 Å². The Kier molecular flexibility index (Phi) is 5.55. The van der Waals surface area contributed by atoms with E-state index in [9.17, 15) is 4.79 Å². The second-order valence-electron chi connectivity index (χ2n) is 5.40. The lowest BCUT2D eigenvalue weighted by molar-refractivity contribution is 0.0926. The molecule has 0 saturated heterocycles. The van der Waals surface area contributed by atoms with Crippen LogP contribution in [0.1, 0.15) is 28.4 Å². The zero-order valence-corrected chi connectivity index (χ0v) is 13.0. The van der Waals surface area contributed by atoms with Crippen molar-refractivity contribution in [2.75, 3.05) is 6.61 Å². The minimum atomic E-state index is -0.107. The van der Waals surface area contributed by atoms with Gasteiger partial charge in [0.1, 0.15) is 12.4 Å². The number of carbonyl (C=O) groups is 1. The van der Waals surface area contributed by atoms with Crippen LogP contribution in [0.3, 0.4) is 0 Å². The Bertz CT molecular complexity index is 623. The van der Waals surface area contributed by atoms with E-state index in [1.54, 1.807) is 12.1 Å². The van der Waals surface area contributed by atoms with E-state index in [4.69, 9.17) is 10.5 Å². The Morgan fingerprint density at radius 1 is 1.23 bits per heavy atom. The second kappa shape index (κ2) is 7.61. The quantitative estimate of drug-likeness (QED) is 0.861.